The minimum Gasteiger partial charge on any atom is -0.457 e. The highest BCUT2D eigenvalue weighted by atomic mass is 28.4. The Labute approximate surface area is 206 Å². The van der Waals surface area contributed by atoms with E-state index in [9.17, 15) is 4.39 Å². The lowest BCUT2D eigenvalue weighted by Gasteiger charge is -2.42. The molecule has 0 aliphatic carbocycles. The van der Waals surface area contributed by atoms with Gasteiger partial charge in [0.15, 0.2) is 5.58 Å². The summed E-state index contributed by atoms with van der Waals surface area (Å²) in [7, 11) is -2.67. The first-order valence-corrected chi connectivity index (χ1v) is 13.7. The number of benzene rings is 3. The lowest BCUT2D eigenvalue weighted by Crippen LogP contribution is -2.66. The Balaban J connectivity index is 1.51. The maximum atomic E-state index is 13.3. The van der Waals surface area contributed by atoms with Crippen LogP contribution in [0, 0.1) is 5.82 Å². The van der Waals surface area contributed by atoms with Crippen LogP contribution in [0.1, 0.15) is 26.5 Å². The lowest BCUT2D eigenvalue weighted by atomic mass is 10.1. The van der Waals surface area contributed by atoms with Crippen LogP contribution in [0.15, 0.2) is 108 Å². The molecular formula is C30H28FNO2Si. The monoisotopic (exact) mass is 481 g/mol. The largest absolute Gasteiger partial charge is 0.457 e. The molecule has 0 aliphatic rings. The second-order valence-electron chi connectivity index (χ2n) is 9.75. The fourth-order valence-electron chi connectivity index (χ4n) is 4.77. The van der Waals surface area contributed by atoms with Crippen LogP contribution in [-0.2, 0) is 11.0 Å². The van der Waals surface area contributed by atoms with Gasteiger partial charge in [0.2, 0.25) is 0 Å². The third-order valence-corrected chi connectivity index (χ3v) is 11.4. The number of hydrogen-bond acceptors (Lipinski definition) is 3. The SMILES string of the molecule is CC(C)(C)[Si](OCc1cc2nc(-c3ccc(F)cc3)ccc2o1)(c1ccccc1)c1ccccc1. The van der Waals surface area contributed by atoms with E-state index in [1.54, 1.807) is 12.1 Å². The molecule has 2 aromatic heterocycles. The molecule has 0 aliphatic heterocycles. The highest BCUT2D eigenvalue weighted by Crippen LogP contribution is 2.37. The number of rotatable bonds is 6. The molecule has 5 aromatic rings. The minimum atomic E-state index is -2.67. The van der Waals surface area contributed by atoms with Crippen LogP contribution in [0.25, 0.3) is 22.4 Å². The molecule has 3 nitrogen and oxygen atoms in total. The van der Waals surface area contributed by atoms with Crippen LogP contribution in [-0.4, -0.2) is 13.3 Å². The average Bonchev–Trinajstić information content (AvgIpc) is 3.27. The zero-order chi connectivity index (χ0) is 24.5. The van der Waals surface area contributed by atoms with Crippen molar-refractivity contribution in [3.05, 3.63) is 115 Å². The first-order valence-electron chi connectivity index (χ1n) is 11.8. The smallest absolute Gasteiger partial charge is 0.261 e. The van der Waals surface area contributed by atoms with E-state index < -0.39 is 8.32 Å². The number of aromatic nitrogens is 1. The third-order valence-electron chi connectivity index (χ3n) is 6.41. The summed E-state index contributed by atoms with van der Waals surface area (Å²) in [6.45, 7) is 7.12. The Morgan fingerprint density at radius 3 is 1.97 bits per heavy atom. The number of pyridine rings is 1. The Bertz CT molecular complexity index is 1390. The number of hydrogen-bond donors (Lipinski definition) is 0. The quantitative estimate of drug-likeness (QED) is 0.253. The molecule has 5 rings (SSSR count). The summed E-state index contributed by atoms with van der Waals surface area (Å²) in [4.78, 5) is 4.74. The summed E-state index contributed by atoms with van der Waals surface area (Å²) in [6.07, 6.45) is 0. The van der Waals surface area contributed by atoms with Crippen molar-refractivity contribution in [2.75, 3.05) is 0 Å². The van der Waals surface area contributed by atoms with Crippen LogP contribution >= 0.6 is 0 Å². The summed E-state index contributed by atoms with van der Waals surface area (Å²) < 4.78 is 26.4. The second-order valence-corrected chi connectivity index (χ2v) is 14.1. The predicted octanol–water partition coefficient (Wildman–Crippen LogP) is 6.71. The fourth-order valence-corrected chi connectivity index (χ4v) is 9.28. The molecule has 0 unspecified atom stereocenters. The van der Waals surface area contributed by atoms with Crippen LogP contribution < -0.4 is 10.4 Å². The normalized spacial score (nSPS) is 12.2. The molecule has 0 radical (unpaired) electrons. The van der Waals surface area contributed by atoms with Gasteiger partial charge < -0.3 is 8.84 Å². The molecule has 35 heavy (non-hydrogen) atoms. The van der Waals surface area contributed by atoms with Crippen molar-refractivity contribution >= 4 is 29.8 Å². The Morgan fingerprint density at radius 1 is 0.800 bits per heavy atom. The van der Waals surface area contributed by atoms with Crippen molar-refractivity contribution in [3.8, 4) is 11.3 Å². The molecule has 3 aromatic carbocycles. The zero-order valence-electron chi connectivity index (χ0n) is 20.2. The van der Waals surface area contributed by atoms with Gasteiger partial charge in [0, 0.05) is 11.6 Å². The van der Waals surface area contributed by atoms with E-state index in [2.05, 4.69) is 69.3 Å². The third kappa shape index (κ3) is 4.45. The van der Waals surface area contributed by atoms with E-state index in [1.807, 2.05) is 30.3 Å². The molecule has 0 bridgehead atoms. The summed E-state index contributed by atoms with van der Waals surface area (Å²) in [5, 5.41) is 2.34. The average molecular weight is 482 g/mol. The predicted molar refractivity (Wildman–Crippen MR) is 142 cm³/mol. The number of fused-ring (bicyclic) bond motifs is 1. The zero-order valence-corrected chi connectivity index (χ0v) is 21.2. The first-order chi connectivity index (χ1) is 16.9. The molecule has 0 atom stereocenters. The number of halogens is 1. The molecule has 0 spiro atoms. The lowest BCUT2D eigenvalue weighted by molar-refractivity contribution is 0.258. The molecular weight excluding hydrogens is 453 g/mol. The summed E-state index contributed by atoms with van der Waals surface area (Å²) >= 11 is 0. The highest BCUT2D eigenvalue weighted by Gasteiger charge is 2.50. The summed E-state index contributed by atoms with van der Waals surface area (Å²) in [5.41, 5.74) is 3.10. The standard InChI is InChI=1S/C30H28FNO2Si/c1-30(2,3)35(25-10-6-4-7-11-25,26-12-8-5-9-13-26)33-21-24-20-28-29(34-24)19-18-27(32-28)22-14-16-23(31)17-15-22/h4-20H,21H2,1-3H3. The minimum absolute atomic E-state index is 0.115. The van der Waals surface area contributed by atoms with Gasteiger partial charge in [0.25, 0.3) is 8.32 Å². The van der Waals surface area contributed by atoms with Gasteiger partial charge in [-0.2, -0.15) is 0 Å². The van der Waals surface area contributed by atoms with Gasteiger partial charge in [-0.15, -0.1) is 0 Å². The number of nitrogens with zero attached hydrogens (tertiary/aromatic N) is 1. The molecule has 0 amide bonds. The van der Waals surface area contributed by atoms with Gasteiger partial charge in [-0.3, -0.25) is 0 Å². The maximum absolute atomic E-state index is 13.3. The van der Waals surface area contributed by atoms with Gasteiger partial charge >= 0.3 is 0 Å². The van der Waals surface area contributed by atoms with Crippen molar-refractivity contribution in [1.82, 2.24) is 4.98 Å². The van der Waals surface area contributed by atoms with E-state index in [0.29, 0.717) is 12.2 Å². The van der Waals surface area contributed by atoms with Crippen molar-refractivity contribution in [3.63, 3.8) is 0 Å². The van der Waals surface area contributed by atoms with E-state index in [0.717, 1.165) is 22.5 Å². The molecule has 2 heterocycles. The van der Waals surface area contributed by atoms with Crippen molar-refractivity contribution in [2.45, 2.75) is 32.4 Å². The number of furan rings is 1. The fraction of sp³-hybridized carbons (Fsp3) is 0.167. The van der Waals surface area contributed by atoms with Crippen LogP contribution in [0.3, 0.4) is 0 Å². The van der Waals surface area contributed by atoms with Crippen molar-refractivity contribution in [1.29, 1.82) is 0 Å². The van der Waals surface area contributed by atoms with Crippen LogP contribution in [0.4, 0.5) is 4.39 Å². The Morgan fingerprint density at radius 2 is 1.40 bits per heavy atom. The maximum Gasteiger partial charge on any atom is 0.261 e. The van der Waals surface area contributed by atoms with Gasteiger partial charge in [-0.05, 0) is 51.8 Å². The summed E-state index contributed by atoms with van der Waals surface area (Å²) in [6, 6.07) is 33.2. The van der Waals surface area contributed by atoms with Gasteiger partial charge in [-0.25, -0.2) is 9.37 Å². The second kappa shape index (κ2) is 9.25. The van der Waals surface area contributed by atoms with E-state index in [1.165, 1.54) is 22.5 Å². The topological polar surface area (TPSA) is 35.3 Å². The van der Waals surface area contributed by atoms with E-state index in [-0.39, 0.29) is 10.9 Å². The van der Waals surface area contributed by atoms with Gasteiger partial charge in [0.05, 0.1) is 12.3 Å². The van der Waals surface area contributed by atoms with E-state index >= 15 is 0 Å². The van der Waals surface area contributed by atoms with Crippen molar-refractivity contribution in [2.24, 2.45) is 0 Å². The molecule has 0 fully saturated rings. The van der Waals surface area contributed by atoms with Gasteiger partial charge in [0.1, 0.15) is 17.1 Å². The Kier molecular flexibility index (Phi) is 6.13. The highest BCUT2D eigenvalue weighted by molar-refractivity contribution is 6.99. The van der Waals surface area contributed by atoms with Crippen molar-refractivity contribution < 1.29 is 13.2 Å². The molecule has 0 N–H and O–H groups in total. The molecule has 5 heteroatoms. The van der Waals surface area contributed by atoms with E-state index in [4.69, 9.17) is 13.8 Å². The first kappa shape index (κ1) is 23.2. The Hall–Kier alpha value is -3.54. The molecule has 0 saturated heterocycles. The van der Waals surface area contributed by atoms with Crippen LogP contribution in [0.2, 0.25) is 5.04 Å². The summed E-state index contributed by atoms with van der Waals surface area (Å²) in [5.74, 6) is 0.470. The molecule has 0 saturated carbocycles. The van der Waals surface area contributed by atoms with Crippen LogP contribution in [0.5, 0.6) is 0 Å². The van der Waals surface area contributed by atoms with Gasteiger partial charge in [-0.1, -0.05) is 81.4 Å². The molecule has 176 valence electrons.